The summed E-state index contributed by atoms with van der Waals surface area (Å²) in [6.45, 7) is 8.50. The summed E-state index contributed by atoms with van der Waals surface area (Å²) in [5, 5.41) is 3.05. The molecule has 1 saturated carbocycles. The lowest BCUT2D eigenvalue weighted by Gasteiger charge is -2.26. The number of hydrogen-bond acceptors (Lipinski definition) is 4. The van der Waals surface area contributed by atoms with Gasteiger partial charge in [-0.25, -0.2) is 8.42 Å². The number of carbonyl (C=O) groups excluding carboxylic acids is 1. The van der Waals surface area contributed by atoms with Crippen molar-refractivity contribution in [3.63, 3.8) is 0 Å². The molecule has 1 heterocycles. The van der Waals surface area contributed by atoms with Crippen LogP contribution in [-0.2, 0) is 36.9 Å². The number of ether oxygens (including phenoxy) is 1. The molecule has 6 nitrogen and oxygen atoms in total. The molecule has 0 bridgehead atoms. The summed E-state index contributed by atoms with van der Waals surface area (Å²) in [4.78, 5) is 13.3. The molecule has 1 amide bonds. The van der Waals surface area contributed by atoms with Crippen molar-refractivity contribution in [2.24, 2.45) is 0 Å². The van der Waals surface area contributed by atoms with Crippen LogP contribution in [0.2, 0.25) is 0 Å². The number of nitrogens with one attached hydrogen (secondary N) is 1. The highest BCUT2D eigenvalue weighted by Crippen LogP contribution is 2.48. The second kappa shape index (κ2) is 8.61. The summed E-state index contributed by atoms with van der Waals surface area (Å²) in [7, 11) is -3.51. The smallest absolute Gasteiger partial charge is 0.243 e. The predicted octanol–water partition coefficient (Wildman–Crippen LogP) is 3.35. The topological polar surface area (TPSA) is 75.7 Å². The second-order valence-corrected chi connectivity index (χ2v) is 11.7. The van der Waals surface area contributed by atoms with Crippen LogP contribution in [0, 0.1) is 0 Å². The quantitative estimate of drug-likeness (QED) is 0.723. The third-order valence-electron chi connectivity index (χ3n) is 6.47. The SMILES string of the molecule is CC(C)(C)c1ccc(C2(C(=O)NCc3ccc(S(=O)(=O)N4CCOCC4)cc3)CC2)cc1. The monoisotopic (exact) mass is 456 g/mol. The van der Waals surface area contributed by atoms with Crippen LogP contribution < -0.4 is 5.32 Å². The van der Waals surface area contributed by atoms with Crippen LogP contribution in [0.1, 0.15) is 50.3 Å². The Morgan fingerprint density at radius 3 is 2.12 bits per heavy atom. The van der Waals surface area contributed by atoms with Gasteiger partial charge in [0, 0.05) is 19.6 Å². The molecule has 172 valence electrons. The molecule has 32 heavy (non-hydrogen) atoms. The summed E-state index contributed by atoms with van der Waals surface area (Å²) >= 11 is 0. The van der Waals surface area contributed by atoms with Gasteiger partial charge in [-0.2, -0.15) is 4.31 Å². The molecule has 2 aromatic carbocycles. The van der Waals surface area contributed by atoms with Crippen molar-refractivity contribution in [2.75, 3.05) is 26.3 Å². The Bertz CT molecular complexity index is 1060. The maximum Gasteiger partial charge on any atom is 0.243 e. The third kappa shape index (κ3) is 4.60. The Labute approximate surface area is 191 Å². The number of hydrogen-bond donors (Lipinski definition) is 1. The van der Waals surface area contributed by atoms with E-state index < -0.39 is 15.4 Å². The third-order valence-corrected chi connectivity index (χ3v) is 8.39. The molecule has 0 radical (unpaired) electrons. The van der Waals surface area contributed by atoms with Gasteiger partial charge in [0.05, 0.1) is 23.5 Å². The van der Waals surface area contributed by atoms with Gasteiger partial charge >= 0.3 is 0 Å². The van der Waals surface area contributed by atoms with Crippen LogP contribution in [0.25, 0.3) is 0 Å². The Morgan fingerprint density at radius 2 is 1.59 bits per heavy atom. The van der Waals surface area contributed by atoms with E-state index in [0.717, 1.165) is 24.0 Å². The fraction of sp³-hybridized carbons (Fsp3) is 0.480. The van der Waals surface area contributed by atoms with Gasteiger partial charge in [-0.1, -0.05) is 57.2 Å². The normalized spacial score (nSPS) is 18.8. The zero-order chi connectivity index (χ0) is 23.0. The molecular weight excluding hydrogens is 424 g/mol. The zero-order valence-electron chi connectivity index (χ0n) is 19.1. The van der Waals surface area contributed by atoms with Gasteiger partial charge in [0.25, 0.3) is 0 Å². The Morgan fingerprint density at radius 1 is 1.00 bits per heavy atom. The van der Waals surface area contributed by atoms with Gasteiger partial charge in [0.15, 0.2) is 0 Å². The van der Waals surface area contributed by atoms with Crippen molar-refractivity contribution in [1.82, 2.24) is 9.62 Å². The van der Waals surface area contributed by atoms with E-state index in [-0.39, 0.29) is 16.2 Å². The van der Waals surface area contributed by atoms with Gasteiger partial charge < -0.3 is 10.1 Å². The average molecular weight is 457 g/mol. The van der Waals surface area contributed by atoms with E-state index in [0.29, 0.717) is 32.8 Å². The molecule has 1 aliphatic heterocycles. The lowest BCUT2D eigenvalue weighted by atomic mass is 9.85. The Hall–Kier alpha value is -2.22. The van der Waals surface area contributed by atoms with Gasteiger partial charge in [-0.15, -0.1) is 0 Å². The van der Waals surface area contributed by atoms with Crippen LogP contribution in [0.3, 0.4) is 0 Å². The fourth-order valence-corrected chi connectivity index (χ4v) is 5.54. The molecule has 7 heteroatoms. The average Bonchev–Trinajstić information content (AvgIpc) is 3.60. The largest absolute Gasteiger partial charge is 0.379 e. The van der Waals surface area contributed by atoms with Crippen molar-refractivity contribution >= 4 is 15.9 Å². The molecule has 1 saturated heterocycles. The number of sulfonamides is 1. The molecule has 2 aromatic rings. The van der Waals surface area contributed by atoms with Crippen LogP contribution in [0.15, 0.2) is 53.4 Å². The molecule has 0 unspecified atom stereocenters. The lowest BCUT2D eigenvalue weighted by Crippen LogP contribution is -2.40. The number of morpholine rings is 1. The first-order chi connectivity index (χ1) is 15.1. The van der Waals surface area contributed by atoms with Crippen LogP contribution >= 0.6 is 0 Å². The lowest BCUT2D eigenvalue weighted by molar-refractivity contribution is -0.123. The number of rotatable bonds is 6. The molecule has 2 aliphatic rings. The summed E-state index contributed by atoms with van der Waals surface area (Å²) in [5.41, 5.74) is 2.84. The van der Waals surface area contributed by atoms with Gasteiger partial charge in [0.2, 0.25) is 15.9 Å². The summed E-state index contributed by atoms with van der Waals surface area (Å²) in [5.74, 6) is 0.0334. The minimum Gasteiger partial charge on any atom is -0.379 e. The molecule has 0 atom stereocenters. The number of carbonyl (C=O) groups is 1. The molecular formula is C25H32N2O4S. The van der Waals surface area contributed by atoms with E-state index in [1.54, 1.807) is 24.3 Å². The van der Waals surface area contributed by atoms with Crippen molar-refractivity contribution in [3.8, 4) is 0 Å². The standard InChI is InChI=1S/C25H32N2O4S/c1-24(2,3)20-6-8-21(9-7-20)25(12-13-25)23(28)26-18-19-4-10-22(11-5-19)32(29,30)27-14-16-31-17-15-27/h4-11H,12-18H2,1-3H3,(H,26,28). The molecule has 1 aliphatic carbocycles. The van der Waals surface area contributed by atoms with Crippen molar-refractivity contribution in [1.29, 1.82) is 0 Å². The van der Waals surface area contributed by atoms with Crippen LogP contribution in [0.4, 0.5) is 0 Å². The molecule has 2 fully saturated rings. The summed E-state index contributed by atoms with van der Waals surface area (Å²) in [6.07, 6.45) is 1.70. The highest BCUT2D eigenvalue weighted by molar-refractivity contribution is 7.89. The number of benzene rings is 2. The fourth-order valence-electron chi connectivity index (χ4n) is 4.13. The Kier molecular flexibility index (Phi) is 6.18. The van der Waals surface area contributed by atoms with Crippen molar-refractivity contribution in [2.45, 2.75) is 55.9 Å². The second-order valence-electron chi connectivity index (χ2n) is 9.75. The zero-order valence-corrected chi connectivity index (χ0v) is 19.9. The van der Waals surface area contributed by atoms with E-state index in [9.17, 15) is 13.2 Å². The highest BCUT2D eigenvalue weighted by Gasteiger charge is 2.51. The van der Waals surface area contributed by atoms with E-state index in [1.165, 1.54) is 9.87 Å². The minimum atomic E-state index is -3.51. The van der Waals surface area contributed by atoms with Crippen molar-refractivity contribution < 1.29 is 17.9 Å². The first kappa shape index (κ1) is 23.0. The van der Waals surface area contributed by atoms with E-state index in [4.69, 9.17) is 4.74 Å². The van der Waals surface area contributed by atoms with Crippen LogP contribution in [0.5, 0.6) is 0 Å². The first-order valence-electron chi connectivity index (χ1n) is 11.2. The van der Waals surface area contributed by atoms with Gasteiger partial charge in [-0.05, 0) is 47.1 Å². The molecule has 4 rings (SSSR count). The number of nitrogens with zero attached hydrogens (tertiary/aromatic N) is 1. The molecule has 0 spiro atoms. The van der Waals surface area contributed by atoms with E-state index >= 15 is 0 Å². The van der Waals surface area contributed by atoms with E-state index in [2.05, 4.69) is 50.4 Å². The summed E-state index contributed by atoms with van der Waals surface area (Å²) in [6, 6.07) is 15.2. The summed E-state index contributed by atoms with van der Waals surface area (Å²) < 4.78 is 32.2. The Balaban J connectivity index is 1.39. The first-order valence-corrected chi connectivity index (χ1v) is 12.6. The van der Waals surface area contributed by atoms with Gasteiger partial charge in [-0.3, -0.25) is 4.79 Å². The van der Waals surface area contributed by atoms with Gasteiger partial charge in [0.1, 0.15) is 0 Å². The number of amides is 1. The predicted molar refractivity (Wildman–Crippen MR) is 124 cm³/mol. The van der Waals surface area contributed by atoms with Crippen LogP contribution in [-0.4, -0.2) is 44.9 Å². The molecule has 1 N–H and O–H groups in total. The highest BCUT2D eigenvalue weighted by atomic mass is 32.2. The maximum absolute atomic E-state index is 13.0. The van der Waals surface area contributed by atoms with E-state index in [1.807, 2.05) is 0 Å². The van der Waals surface area contributed by atoms with Crippen molar-refractivity contribution in [3.05, 3.63) is 65.2 Å². The maximum atomic E-state index is 13.0. The molecule has 0 aromatic heterocycles. The minimum absolute atomic E-state index is 0.0334.